The van der Waals surface area contributed by atoms with Gasteiger partial charge >= 0.3 is 5.97 Å². The molecule has 2 aromatic rings. The Labute approximate surface area is 112 Å². The molecule has 1 amide bonds. The first-order valence-electron chi connectivity index (χ1n) is 5.28. The molecule has 0 radical (unpaired) electrons. The highest BCUT2D eigenvalue weighted by atomic mass is 32.1. The molecule has 2 aromatic heterocycles. The minimum Gasteiger partial charge on any atom is -0.477 e. The van der Waals surface area contributed by atoms with E-state index < -0.39 is 5.97 Å². The van der Waals surface area contributed by atoms with Gasteiger partial charge in [-0.2, -0.15) is 0 Å². The maximum Gasteiger partial charge on any atom is 0.346 e. The predicted octanol–water partition coefficient (Wildman–Crippen LogP) is 1.99. The SMILES string of the molecule is CNC(=O)c1cc(Oc2csc(C(=O)O)c2)ccn1. The molecule has 0 unspecified atom stereocenters. The summed E-state index contributed by atoms with van der Waals surface area (Å²) in [5, 5.41) is 12.9. The summed E-state index contributed by atoms with van der Waals surface area (Å²) in [6.45, 7) is 0. The van der Waals surface area contributed by atoms with E-state index in [-0.39, 0.29) is 16.5 Å². The number of carboxylic acid groups (broad SMARTS) is 1. The zero-order chi connectivity index (χ0) is 13.8. The molecular weight excluding hydrogens is 268 g/mol. The van der Waals surface area contributed by atoms with E-state index in [9.17, 15) is 9.59 Å². The largest absolute Gasteiger partial charge is 0.477 e. The van der Waals surface area contributed by atoms with Crippen LogP contribution in [0.2, 0.25) is 0 Å². The Morgan fingerprint density at radius 2 is 2.16 bits per heavy atom. The number of rotatable bonds is 4. The fraction of sp³-hybridized carbons (Fsp3) is 0.0833. The lowest BCUT2D eigenvalue weighted by molar-refractivity contribution is 0.0701. The van der Waals surface area contributed by atoms with Crippen LogP contribution >= 0.6 is 11.3 Å². The summed E-state index contributed by atoms with van der Waals surface area (Å²) in [5.74, 6) is -0.484. The van der Waals surface area contributed by atoms with Crippen LogP contribution in [0.5, 0.6) is 11.5 Å². The van der Waals surface area contributed by atoms with Crippen LogP contribution in [-0.4, -0.2) is 29.0 Å². The molecular formula is C12H10N2O4S. The lowest BCUT2D eigenvalue weighted by atomic mass is 10.3. The molecule has 2 N–H and O–H groups in total. The van der Waals surface area contributed by atoms with Crippen molar-refractivity contribution in [3.63, 3.8) is 0 Å². The van der Waals surface area contributed by atoms with Gasteiger partial charge in [0.1, 0.15) is 22.1 Å². The number of aromatic carboxylic acids is 1. The molecule has 19 heavy (non-hydrogen) atoms. The van der Waals surface area contributed by atoms with Gasteiger partial charge in [0.15, 0.2) is 0 Å². The number of thiophene rings is 1. The molecule has 0 aliphatic carbocycles. The summed E-state index contributed by atoms with van der Waals surface area (Å²) in [6.07, 6.45) is 1.45. The van der Waals surface area contributed by atoms with Gasteiger partial charge in [0.25, 0.3) is 5.91 Å². The number of carbonyl (C=O) groups excluding carboxylic acids is 1. The molecule has 0 aliphatic rings. The smallest absolute Gasteiger partial charge is 0.346 e. The quantitative estimate of drug-likeness (QED) is 0.892. The lowest BCUT2D eigenvalue weighted by Gasteiger charge is -2.04. The minimum atomic E-state index is -0.999. The molecule has 0 saturated heterocycles. The van der Waals surface area contributed by atoms with E-state index in [4.69, 9.17) is 9.84 Å². The summed E-state index contributed by atoms with van der Waals surface area (Å²) in [5.41, 5.74) is 0.230. The average molecular weight is 278 g/mol. The summed E-state index contributed by atoms with van der Waals surface area (Å²) < 4.78 is 5.47. The summed E-state index contributed by atoms with van der Waals surface area (Å²) in [7, 11) is 1.51. The summed E-state index contributed by atoms with van der Waals surface area (Å²) in [4.78, 5) is 26.2. The van der Waals surface area contributed by atoms with Crippen LogP contribution in [0.4, 0.5) is 0 Å². The van der Waals surface area contributed by atoms with Gasteiger partial charge in [0.05, 0.1) is 0 Å². The van der Waals surface area contributed by atoms with Crippen LogP contribution in [0.1, 0.15) is 20.2 Å². The van der Waals surface area contributed by atoms with Crippen LogP contribution in [-0.2, 0) is 0 Å². The molecule has 0 bridgehead atoms. The third kappa shape index (κ3) is 3.08. The highest BCUT2D eigenvalue weighted by Gasteiger charge is 2.10. The van der Waals surface area contributed by atoms with E-state index in [1.807, 2.05) is 0 Å². The van der Waals surface area contributed by atoms with Crippen molar-refractivity contribution < 1.29 is 19.4 Å². The van der Waals surface area contributed by atoms with E-state index in [1.54, 1.807) is 11.4 Å². The van der Waals surface area contributed by atoms with Gasteiger partial charge in [-0.3, -0.25) is 9.78 Å². The fourth-order valence-corrected chi connectivity index (χ4v) is 1.99. The van der Waals surface area contributed by atoms with Crippen molar-refractivity contribution in [2.75, 3.05) is 7.05 Å². The number of nitrogens with zero attached hydrogens (tertiary/aromatic N) is 1. The van der Waals surface area contributed by atoms with Crippen molar-refractivity contribution in [2.45, 2.75) is 0 Å². The van der Waals surface area contributed by atoms with Crippen molar-refractivity contribution in [2.24, 2.45) is 0 Å². The molecule has 2 heterocycles. The number of carbonyl (C=O) groups is 2. The number of carboxylic acids is 1. The van der Waals surface area contributed by atoms with Gasteiger partial charge in [-0.1, -0.05) is 0 Å². The van der Waals surface area contributed by atoms with Gasteiger partial charge in [0, 0.05) is 30.8 Å². The topological polar surface area (TPSA) is 88.5 Å². The third-order valence-corrected chi connectivity index (χ3v) is 3.11. The second-order valence-corrected chi connectivity index (χ2v) is 4.42. The zero-order valence-electron chi connectivity index (χ0n) is 9.91. The van der Waals surface area contributed by atoms with Crippen molar-refractivity contribution in [1.82, 2.24) is 10.3 Å². The van der Waals surface area contributed by atoms with Gasteiger partial charge < -0.3 is 15.2 Å². The molecule has 0 spiro atoms. The molecule has 2 rings (SSSR count). The first-order valence-corrected chi connectivity index (χ1v) is 6.16. The van der Waals surface area contributed by atoms with Crippen LogP contribution in [0.25, 0.3) is 0 Å². The normalized spacial score (nSPS) is 9.95. The van der Waals surface area contributed by atoms with E-state index >= 15 is 0 Å². The lowest BCUT2D eigenvalue weighted by Crippen LogP contribution is -2.18. The van der Waals surface area contributed by atoms with Gasteiger partial charge in [-0.25, -0.2) is 4.79 Å². The number of hydrogen-bond acceptors (Lipinski definition) is 5. The Bertz CT molecular complexity index is 624. The number of pyridine rings is 1. The van der Waals surface area contributed by atoms with Crippen LogP contribution < -0.4 is 10.1 Å². The Morgan fingerprint density at radius 3 is 2.79 bits per heavy atom. The predicted molar refractivity (Wildman–Crippen MR) is 69.0 cm³/mol. The third-order valence-electron chi connectivity index (χ3n) is 2.21. The fourth-order valence-electron chi connectivity index (χ4n) is 1.35. The molecule has 0 saturated carbocycles. The number of amides is 1. The second-order valence-electron chi connectivity index (χ2n) is 3.51. The second kappa shape index (κ2) is 5.49. The maximum atomic E-state index is 11.4. The van der Waals surface area contributed by atoms with E-state index in [1.165, 1.54) is 25.4 Å². The number of hydrogen-bond donors (Lipinski definition) is 2. The molecule has 7 heteroatoms. The summed E-state index contributed by atoms with van der Waals surface area (Å²) in [6, 6.07) is 4.49. The van der Waals surface area contributed by atoms with Crippen LogP contribution in [0.3, 0.4) is 0 Å². The number of nitrogens with one attached hydrogen (secondary N) is 1. The van der Waals surface area contributed by atoms with Gasteiger partial charge in [0.2, 0.25) is 0 Å². The maximum absolute atomic E-state index is 11.4. The molecule has 6 nitrogen and oxygen atoms in total. The highest BCUT2D eigenvalue weighted by molar-refractivity contribution is 7.12. The molecule has 0 fully saturated rings. The van der Waals surface area contributed by atoms with Crippen molar-refractivity contribution in [1.29, 1.82) is 0 Å². The Kier molecular flexibility index (Phi) is 3.76. The average Bonchev–Trinajstić information content (AvgIpc) is 2.87. The molecule has 0 aliphatic heterocycles. The number of ether oxygens (including phenoxy) is 1. The highest BCUT2D eigenvalue weighted by Crippen LogP contribution is 2.27. The minimum absolute atomic E-state index is 0.190. The monoisotopic (exact) mass is 278 g/mol. The number of aromatic nitrogens is 1. The van der Waals surface area contributed by atoms with E-state index in [0.717, 1.165) is 11.3 Å². The van der Waals surface area contributed by atoms with Crippen LogP contribution in [0.15, 0.2) is 29.8 Å². The van der Waals surface area contributed by atoms with Crippen molar-refractivity contribution >= 4 is 23.2 Å². The Hall–Kier alpha value is -2.41. The zero-order valence-corrected chi connectivity index (χ0v) is 10.7. The van der Waals surface area contributed by atoms with Gasteiger partial charge in [-0.15, -0.1) is 11.3 Å². The molecule has 0 atom stereocenters. The van der Waals surface area contributed by atoms with Crippen molar-refractivity contribution in [3.05, 3.63) is 40.3 Å². The first kappa shape index (κ1) is 13.0. The van der Waals surface area contributed by atoms with Crippen LogP contribution in [0, 0.1) is 0 Å². The molecule has 0 aromatic carbocycles. The standard InChI is InChI=1S/C12H10N2O4S/c1-13-11(15)9-4-7(2-3-14-9)18-8-5-10(12(16)17)19-6-8/h2-6H,1H3,(H,13,15)(H,16,17). The molecule has 98 valence electrons. The van der Waals surface area contributed by atoms with E-state index in [2.05, 4.69) is 10.3 Å². The summed E-state index contributed by atoms with van der Waals surface area (Å²) >= 11 is 1.07. The van der Waals surface area contributed by atoms with Gasteiger partial charge in [-0.05, 0) is 6.07 Å². The van der Waals surface area contributed by atoms with Crippen molar-refractivity contribution in [3.8, 4) is 11.5 Å². The Morgan fingerprint density at radius 1 is 1.37 bits per heavy atom. The van der Waals surface area contributed by atoms with E-state index in [0.29, 0.717) is 11.5 Å². The first-order chi connectivity index (χ1) is 9.10. The Balaban J connectivity index is 2.18.